The molecule has 0 aliphatic heterocycles. The third-order valence-electron chi connectivity index (χ3n) is 2.54. The topological polar surface area (TPSA) is 47.6 Å². The molecule has 0 aliphatic rings. The number of carbonyl (C=O) groups excluding carboxylic acids is 1. The third-order valence-corrected chi connectivity index (χ3v) is 2.54. The van der Waals surface area contributed by atoms with Crippen LogP contribution in [0.4, 0.5) is 13.2 Å². The molecule has 0 bridgehead atoms. The maximum Gasteiger partial charge on any atom is 0.573 e. The molecule has 0 saturated heterocycles. The van der Waals surface area contributed by atoms with Gasteiger partial charge in [0.15, 0.2) is 0 Å². The number of esters is 1. The molecule has 1 atom stereocenters. The first-order chi connectivity index (χ1) is 9.35. The summed E-state index contributed by atoms with van der Waals surface area (Å²) in [7, 11) is 1.66. The van der Waals surface area contributed by atoms with Crippen molar-refractivity contribution in [2.24, 2.45) is 0 Å². The molecule has 0 aliphatic carbocycles. The second-order valence-corrected chi connectivity index (χ2v) is 3.97. The van der Waals surface area contributed by atoms with E-state index < -0.39 is 6.36 Å². The number of nitrogens with one attached hydrogen (secondary N) is 1. The van der Waals surface area contributed by atoms with Crippen LogP contribution in [0.5, 0.6) is 5.75 Å². The van der Waals surface area contributed by atoms with E-state index in [1.807, 2.05) is 0 Å². The molecule has 1 aromatic rings. The van der Waals surface area contributed by atoms with Crippen LogP contribution in [0, 0.1) is 0 Å². The molecule has 112 valence electrons. The van der Waals surface area contributed by atoms with Crippen LogP contribution in [0.3, 0.4) is 0 Å². The Hall–Kier alpha value is -1.76. The van der Waals surface area contributed by atoms with Crippen LogP contribution in [-0.4, -0.2) is 26.0 Å². The minimum atomic E-state index is -4.71. The standard InChI is InChI=1S/C13H16F3NO3/c1-3-19-12(18)8-11(17-2)9-4-6-10(7-5-9)20-13(14,15)16/h4-7,11,17H,3,8H2,1-2H3. The number of hydrogen-bond acceptors (Lipinski definition) is 4. The monoisotopic (exact) mass is 291 g/mol. The summed E-state index contributed by atoms with van der Waals surface area (Å²) in [5.74, 6) is -0.672. The Balaban J connectivity index is 2.72. The molecule has 0 amide bonds. The number of hydrogen-bond donors (Lipinski definition) is 1. The summed E-state index contributed by atoms with van der Waals surface area (Å²) in [6.07, 6.45) is -4.61. The first-order valence-electron chi connectivity index (χ1n) is 6.04. The number of ether oxygens (including phenoxy) is 2. The predicted molar refractivity (Wildman–Crippen MR) is 66.2 cm³/mol. The Morgan fingerprint density at radius 1 is 1.30 bits per heavy atom. The van der Waals surface area contributed by atoms with Crippen molar-refractivity contribution >= 4 is 5.97 Å². The van der Waals surface area contributed by atoms with Gasteiger partial charge in [-0.1, -0.05) is 12.1 Å². The van der Waals surface area contributed by atoms with Crippen molar-refractivity contribution in [2.45, 2.75) is 25.7 Å². The average molecular weight is 291 g/mol. The molecule has 1 N–H and O–H groups in total. The van der Waals surface area contributed by atoms with Crippen molar-refractivity contribution in [3.63, 3.8) is 0 Å². The van der Waals surface area contributed by atoms with Crippen LogP contribution in [0.15, 0.2) is 24.3 Å². The van der Waals surface area contributed by atoms with Crippen LogP contribution in [0.25, 0.3) is 0 Å². The predicted octanol–water partition coefficient (Wildman–Crippen LogP) is 2.80. The molecule has 7 heteroatoms. The van der Waals surface area contributed by atoms with Crippen LogP contribution in [0.1, 0.15) is 24.9 Å². The van der Waals surface area contributed by atoms with E-state index in [1.165, 1.54) is 24.3 Å². The number of benzene rings is 1. The lowest BCUT2D eigenvalue weighted by molar-refractivity contribution is -0.274. The fourth-order valence-corrected chi connectivity index (χ4v) is 1.67. The van der Waals surface area contributed by atoms with Gasteiger partial charge in [-0.15, -0.1) is 13.2 Å². The van der Waals surface area contributed by atoms with Crippen molar-refractivity contribution in [2.75, 3.05) is 13.7 Å². The van der Waals surface area contributed by atoms with Crippen molar-refractivity contribution in [3.8, 4) is 5.75 Å². The molecule has 0 spiro atoms. The van der Waals surface area contributed by atoms with Gasteiger partial charge >= 0.3 is 12.3 Å². The van der Waals surface area contributed by atoms with E-state index in [0.717, 1.165) is 0 Å². The Morgan fingerprint density at radius 2 is 1.90 bits per heavy atom. The highest BCUT2D eigenvalue weighted by atomic mass is 19.4. The second-order valence-electron chi connectivity index (χ2n) is 3.97. The van der Waals surface area contributed by atoms with Crippen molar-refractivity contribution < 1.29 is 27.4 Å². The van der Waals surface area contributed by atoms with Gasteiger partial charge in [-0.25, -0.2) is 0 Å². The van der Waals surface area contributed by atoms with Gasteiger partial charge in [0.05, 0.1) is 13.0 Å². The van der Waals surface area contributed by atoms with Crippen LogP contribution in [-0.2, 0) is 9.53 Å². The normalized spacial score (nSPS) is 12.8. The highest BCUT2D eigenvalue weighted by molar-refractivity contribution is 5.70. The third kappa shape index (κ3) is 5.48. The molecule has 1 rings (SSSR count). The molecule has 1 unspecified atom stereocenters. The van der Waals surface area contributed by atoms with E-state index in [9.17, 15) is 18.0 Å². The molecule has 0 radical (unpaired) electrons. The first kappa shape index (κ1) is 16.3. The zero-order valence-electron chi connectivity index (χ0n) is 11.2. The summed E-state index contributed by atoms with van der Waals surface area (Å²) in [5.41, 5.74) is 0.676. The van der Waals surface area contributed by atoms with Gasteiger partial charge in [0, 0.05) is 6.04 Å². The minimum Gasteiger partial charge on any atom is -0.466 e. The van der Waals surface area contributed by atoms with Gasteiger partial charge in [0.1, 0.15) is 5.75 Å². The smallest absolute Gasteiger partial charge is 0.466 e. The van der Waals surface area contributed by atoms with E-state index in [0.29, 0.717) is 5.56 Å². The first-order valence-corrected chi connectivity index (χ1v) is 6.04. The molecule has 20 heavy (non-hydrogen) atoms. The summed E-state index contributed by atoms with van der Waals surface area (Å²) >= 11 is 0. The van der Waals surface area contributed by atoms with Gasteiger partial charge in [0.2, 0.25) is 0 Å². The molecule has 4 nitrogen and oxygen atoms in total. The van der Waals surface area contributed by atoms with Gasteiger partial charge in [-0.2, -0.15) is 0 Å². The minimum absolute atomic E-state index is 0.101. The summed E-state index contributed by atoms with van der Waals surface area (Å²) in [5, 5.41) is 2.91. The largest absolute Gasteiger partial charge is 0.573 e. The summed E-state index contributed by atoms with van der Waals surface area (Å²) < 4.78 is 44.7. The van der Waals surface area contributed by atoms with Crippen molar-refractivity contribution in [3.05, 3.63) is 29.8 Å². The van der Waals surface area contributed by atoms with E-state index in [1.54, 1.807) is 14.0 Å². The van der Waals surface area contributed by atoms with Gasteiger partial charge in [0.25, 0.3) is 0 Å². The molecule has 0 saturated carbocycles. The zero-order chi connectivity index (χ0) is 15.2. The fraction of sp³-hybridized carbons (Fsp3) is 0.462. The Labute approximate surface area is 114 Å². The molecular formula is C13H16F3NO3. The molecule has 1 aromatic carbocycles. The van der Waals surface area contributed by atoms with Gasteiger partial charge in [-0.3, -0.25) is 4.79 Å². The van der Waals surface area contributed by atoms with E-state index >= 15 is 0 Å². The van der Waals surface area contributed by atoms with Gasteiger partial charge < -0.3 is 14.8 Å². The van der Waals surface area contributed by atoms with E-state index in [4.69, 9.17) is 4.74 Å². The lowest BCUT2D eigenvalue weighted by atomic mass is 10.0. The van der Waals surface area contributed by atoms with Crippen LogP contribution < -0.4 is 10.1 Å². The maximum absolute atomic E-state index is 12.0. The molecule has 0 heterocycles. The van der Waals surface area contributed by atoms with E-state index in [-0.39, 0.29) is 30.8 Å². The van der Waals surface area contributed by atoms with Gasteiger partial charge in [-0.05, 0) is 31.7 Å². The zero-order valence-corrected chi connectivity index (χ0v) is 11.2. The Kier molecular flexibility index (Phi) is 5.82. The summed E-state index contributed by atoms with van der Waals surface area (Å²) in [4.78, 5) is 11.4. The number of rotatable bonds is 6. The van der Waals surface area contributed by atoms with Crippen LogP contribution >= 0.6 is 0 Å². The highest BCUT2D eigenvalue weighted by Gasteiger charge is 2.31. The van der Waals surface area contributed by atoms with Crippen molar-refractivity contribution in [1.82, 2.24) is 5.32 Å². The molecule has 0 aromatic heterocycles. The fourth-order valence-electron chi connectivity index (χ4n) is 1.67. The average Bonchev–Trinajstić information content (AvgIpc) is 2.35. The van der Waals surface area contributed by atoms with Crippen LogP contribution in [0.2, 0.25) is 0 Å². The van der Waals surface area contributed by atoms with E-state index in [2.05, 4.69) is 10.1 Å². The quantitative estimate of drug-likeness (QED) is 0.819. The lowest BCUT2D eigenvalue weighted by Crippen LogP contribution is -2.21. The Bertz CT molecular complexity index is 431. The maximum atomic E-state index is 12.0. The second kappa shape index (κ2) is 7.14. The lowest BCUT2D eigenvalue weighted by Gasteiger charge is -2.16. The van der Waals surface area contributed by atoms with Crippen molar-refractivity contribution in [1.29, 1.82) is 0 Å². The Morgan fingerprint density at radius 3 is 2.35 bits per heavy atom. The molecular weight excluding hydrogens is 275 g/mol. The molecule has 0 fully saturated rings. The number of carbonyl (C=O) groups is 1. The number of alkyl halides is 3. The summed E-state index contributed by atoms with van der Waals surface area (Å²) in [6.45, 7) is 1.99. The highest BCUT2D eigenvalue weighted by Crippen LogP contribution is 2.25. The SMILES string of the molecule is CCOC(=O)CC(NC)c1ccc(OC(F)(F)F)cc1. The number of halogens is 3. The summed E-state index contributed by atoms with van der Waals surface area (Å²) in [6, 6.07) is 5.04.